The van der Waals surface area contributed by atoms with Gasteiger partial charge in [0.25, 0.3) is 0 Å². The van der Waals surface area contributed by atoms with Crippen LogP contribution in [0.5, 0.6) is 0 Å². The smallest absolute Gasteiger partial charge is 0.239 e. The number of aliphatic imine (C=N–C) groups is 1. The van der Waals surface area contributed by atoms with Crippen LogP contribution in [0.15, 0.2) is 29.5 Å². The summed E-state index contributed by atoms with van der Waals surface area (Å²) >= 11 is 0. The van der Waals surface area contributed by atoms with Gasteiger partial charge < -0.3 is 5.73 Å². The highest BCUT2D eigenvalue weighted by Gasteiger charge is 2.30. The number of alkyl halides is 2. The van der Waals surface area contributed by atoms with Gasteiger partial charge in [-0.15, -0.1) is 5.10 Å². The van der Waals surface area contributed by atoms with E-state index in [4.69, 9.17) is 5.73 Å². The minimum atomic E-state index is -2.48. The van der Waals surface area contributed by atoms with Crippen molar-refractivity contribution in [3.8, 4) is 11.3 Å². The first kappa shape index (κ1) is 15.6. The summed E-state index contributed by atoms with van der Waals surface area (Å²) in [5, 5.41) is 3.92. The molecular formula is C16H13F3N6. The summed E-state index contributed by atoms with van der Waals surface area (Å²) in [6.07, 6.45) is -0.267. The van der Waals surface area contributed by atoms with E-state index in [0.717, 1.165) is 0 Å². The van der Waals surface area contributed by atoms with Crippen LogP contribution in [0, 0.1) is 5.82 Å². The first-order chi connectivity index (χ1) is 11.9. The second-order valence-corrected chi connectivity index (χ2v) is 5.83. The molecule has 0 amide bonds. The van der Waals surface area contributed by atoms with Crippen molar-refractivity contribution in [3.05, 3.63) is 36.0 Å². The lowest BCUT2D eigenvalue weighted by Crippen LogP contribution is -2.10. The fourth-order valence-corrected chi connectivity index (χ4v) is 3.09. The van der Waals surface area contributed by atoms with Crippen molar-refractivity contribution in [3.63, 3.8) is 0 Å². The molecule has 3 aromatic rings. The summed E-state index contributed by atoms with van der Waals surface area (Å²) in [6.45, 7) is 1.69. The van der Waals surface area contributed by atoms with Gasteiger partial charge in [-0.1, -0.05) is 0 Å². The molecule has 0 saturated heterocycles. The number of hydrogen-bond acceptors (Lipinski definition) is 5. The molecule has 1 aliphatic heterocycles. The fourth-order valence-electron chi connectivity index (χ4n) is 3.09. The predicted molar refractivity (Wildman–Crippen MR) is 86.7 cm³/mol. The monoisotopic (exact) mass is 346 g/mol. The molecule has 0 fully saturated rings. The lowest BCUT2D eigenvalue weighted by molar-refractivity contribution is 0.135. The Bertz CT molecular complexity index is 1010. The van der Waals surface area contributed by atoms with Gasteiger partial charge in [0.2, 0.25) is 12.4 Å². The Hall–Kier alpha value is -2.97. The first-order valence-corrected chi connectivity index (χ1v) is 7.58. The molecule has 6 nitrogen and oxygen atoms in total. The summed E-state index contributed by atoms with van der Waals surface area (Å²) in [4.78, 5) is 12.6. The van der Waals surface area contributed by atoms with Crippen molar-refractivity contribution in [1.29, 1.82) is 0 Å². The highest BCUT2D eigenvalue weighted by atomic mass is 19.3. The second-order valence-electron chi connectivity index (χ2n) is 5.83. The van der Waals surface area contributed by atoms with Gasteiger partial charge in [-0.05, 0) is 19.1 Å². The zero-order chi connectivity index (χ0) is 17.7. The molecule has 0 aliphatic carbocycles. The van der Waals surface area contributed by atoms with Gasteiger partial charge in [0.15, 0.2) is 5.82 Å². The maximum Gasteiger partial charge on any atom is 0.239 e. The van der Waals surface area contributed by atoms with E-state index < -0.39 is 18.2 Å². The van der Waals surface area contributed by atoms with E-state index in [1.54, 1.807) is 19.1 Å². The third-order valence-corrected chi connectivity index (χ3v) is 4.21. The van der Waals surface area contributed by atoms with Crippen molar-refractivity contribution in [2.75, 3.05) is 5.73 Å². The molecule has 0 spiro atoms. The predicted octanol–water partition coefficient (Wildman–Crippen LogP) is 3.36. The van der Waals surface area contributed by atoms with Crippen molar-refractivity contribution in [2.24, 2.45) is 4.99 Å². The van der Waals surface area contributed by atoms with Crippen LogP contribution in [0.2, 0.25) is 0 Å². The highest BCUT2D eigenvalue weighted by molar-refractivity contribution is 5.96. The number of halogens is 3. The quantitative estimate of drug-likeness (QED) is 0.788. The van der Waals surface area contributed by atoms with E-state index in [1.807, 2.05) is 0 Å². The number of hydrogen-bond donors (Lipinski definition) is 1. The number of nitrogens with zero attached hydrogens (tertiary/aromatic N) is 5. The summed E-state index contributed by atoms with van der Waals surface area (Å²) in [6, 6.07) is 3.27. The Balaban J connectivity index is 1.85. The van der Waals surface area contributed by atoms with E-state index in [-0.39, 0.29) is 17.9 Å². The molecule has 25 heavy (non-hydrogen) atoms. The Morgan fingerprint density at radius 3 is 2.88 bits per heavy atom. The average molecular weight is 346 g/mol. The summed E-state index contributed by atoms with van der Waals surface area (Å²) in [5.41, 5.74) is 7.97. The van der Waals surface area contributed by atoms with Gasteiger partial charge >= 0.3 is 0 Å². The van der Waals surface area contributed by atoms with E-state index in [9.17, 15) is 13.2 Å². The van der Waals surface area contributed by atoms with E-state index in [2.05, 4.69) is 20.1 Å². The third-order valence-electron chi connectivity index (χ3n) is 4.21. The molecule has 1 atom stereocenters. The zero-order valence-corrected chi connectivity index (χ0v) is 13.1. The van der Waals surface area contributed by atoms with Crippen molar-refractivity contribution >= 4 is 22.9 Å². The number of nitrogen functional groups attached to an aromatic ring is 1. The number of nitrogens with two attached hydrogens (primary N) is 1. The molecule has 1 aliphatic rings. The van der Waals surface area contributed by atoms with E-state index >= 15 is 0 Å². The minimum Gasteiger partial charge on any atom is -0.367 e. The first-order valence-electron chi connectivity index (χ1n) is 7.58. The van der Waals surface area contributed by atoms with Crippen LogP contribution < -0.4 is 5.73 Å². The van der Waals surface area contributed by atoms with Crippen LogP contribution >= 0.6 is 0 Å². The number of pyridine rings is 1. The molecule has 4 rings (SSSR count). The average Bonchev–Trinajstić information content (AvgIpc) is 3.02. The van der Waals surface area contributed by atoms with Gasteiger partial charge in [-0.2, -0.15) is 0 Å². The van der Waals surface area contributed by atoms with Crippen molar-refractivity contribution < 1.29 is 13.2 Å². The van der Waals surface area contributed by atoms with Crippen LogP contribution in [0.3, 0.4) is 0 Å². The van der Waals surface area contributed by atoms with E-state index in [1.165, 1.54) is 16.9 Å². The van der Waals surface area contributed by atoms with Crippen LogP contribution in [0.25, 0.3) is 16.8 Å². The van der Waals surface area contributed by atoms with Crippen molar-refractivity contribution in [1.82, 2.24) is 19.6 Å². The zero-order valence-electron chi connectivity index (χ0n) is 13.1. The second kappa shape index (κ2) is 5.54. The molecular weight excluding hydrogens is 333 g/mol. The van der Waals surface area contributed by atoms with Crippen LogP contribution in [-0.4, -0.2) is 31.7 Å². The number of fused-ring (bicyclic) bond motifs is 2. The molecule has 2 N–H and O–H groups in total. The van der Waals surface area contributed by atoms with Gasteiger partial charge in [-0.25, -0.2) is 27.7 Å². The Labute approximate surface area is 140 Å². The van der Waals surface area contributed by atoms with Gasteiger partial charge in [0.1, 0.15) is 0 Å². The van der Waals surface area contributed by atoms with Crippen LogP contribution in [0.1, 0.15) is 25.0 Å². The molecule has 128 valence electrons. The number of aromatic nitrogens is 4. The summed E-state index contributed by atoms with van der Waals surface area (Å²) in [7, 11) is 0. The van der Waals surface area contributed by atoms with Gasteiger partial charge in [0, 0.05) is 18.1 Å². The molecule has 3 aromatic heterocycles. The molecule has 4 heterocycles. The maximum absolute atomic E-state index is 14.4. The molecule has 0 saturated carbocycles. The highest BCUT2D eigenvalue weighted by Crippen LogP contribution is 2.39. The molecule has 0 radical (unpaired) electrons. The Kier molecular flexibility index (Phi) is 3.45. The number of rotatable bonds is 3. The van der Waals surface area contributed by atoms with Gasteiger partial charge in [0.05, 0.1) is 40.5 Å². The summed E-state index contributed by atoms with van der Waals surface area (Å²) < 4.78 is 41.4. The van der Waals surface area contributed by atoms with Gasteiger partial charge in [-0.3, -0.25) is 4.99 Å². The normalized spacial score (nSPS) is 16.5. The topological polar surface area (TPSA) is 81.5 Å². The molecule has 0 aromatic carbocycles. The van der Waals surface area contributed by atoms with E-state index in [0.29, 0.717) is 28.3 Å². The minimum absolute atomic E-state index is 0.0111. The fraction of sp³-hybridized carbons (Fsp3) is 0.250. The molecule has 1 unspecified atom stereocenters. The lowest BCUT2D eigenvalue weighted by atomic mass is 9.97. The largest absolute Gasteiger partial charge is 0.367 e. The van der Waals surface area contributed by atoms with Crippen LogP contribution in [0.4, 0.5) is 24.8 Å². The molecule has 9 heteroatoms. The van der Waals surface area contributed by atoms with Crippen LogP contribution in [-0.2, 0) is 0 Å². The Morgan fingerprint density at radius 2 is 2.12 bits per heavy atom. The Morgan fingerprint density at radius 1 is 1.32 bits per heavy atom. The lowest BCUT2D eigenvalue weighted by Gasteiger charge is -2.12. The molecule has 0 bridgehead atoms. The van der Waals surface area contributed by atoms with Crippen molar-refractivity contribution in [2.45, 2.75) is 25.7 Å². The summed E-state index contributed by atoms with van der Waals surface area (Å²) in [5.74, 6) is -1.11. The SMILES string of the molecule is CC1=Nc2ccc(-c3c(F)cn4nc(N)ncc34)nc2C1CC(F)F. The number of anilines is 1. The third kappa shape index (κ3) is 2.51. The maximum atomic E-state index is 14.4. The standard InChI is InChI=1S/C16H13F3N6/c1-7-8(4-13(18)19)15-11(22-7)3-2-10(23-15)14-9(17)6-25-12(14)5-21-16(20)24-25/h2-3,5-6,8,13H,4H2,1H3,(H2,20,24).